The van der Waals surface area contributed by atoms with Crippen LogP contribution in [0.25, 0.3) is 11.3 Å². The molecule has 0 radical (unpaired) electrons. The van der Waals surface area contributed by atoms with Gasteiger partial charge in [-0.2, -0.15) is 0 Å². The van der Waals surface area contributed by atoms with Crippen LogP contribution in [0.5, 0.6) is 0 Å². The summed E-state index contributed by atoms with van der Waals surface area (Å²) < 4.78 is 36.6. The van der Waals surface area contributed by atoms with E-state index in [9.17, 15) is 13.6 Å². The van der Waals surface area contributed by atoms with Crippen LogP contribution in [-0.2, 0) is 4.74 Å². The number of benzene rings is 1. The van der Waals surface area contributed by atoms with Gasteiger partial charge in [0.1, 0.15) is 17.0 Å². The van der Waals surface area contributed by atoms with E-state index in [1.54, 1.807) is 6.92 Å². The zero-order valence-electron chi connectivity index (χ0n) is 10.4. The normalized spacial score (nSPS) is 10.5. The Morgan fingerprint density at radius 1 is 1.42 bits per heavy atom. The summed E-state index contributed by atoms with van der Waals surface area (Å²) in [5.74, 6) is -2.59. The standard InChI is InChI=1S/C13H11F2NO3/c1-3-18-13(17)10-7(2)19-16-12(10)8-5-4-6-9(14)11(8)15/h4-6H,3H2,1-2H3. The van der Waals surface area contributed by atoms with Crippen molar-refractivity contribution in [2.45, 2.75) is 13.8 Å². The number of halogens is 2. The lowest BCUT2D eigenvalue weighted by Crippen LogP contribution is -2.07. The minimum Gasteiger partial charge on any atom is -0.462 e. The zero-order valence-corrected chi connectivity index (χ0v) is 10.4. The molecule has 0 spiro atoms. The molecule has 1 aromatic carbocycles. The van der Waals surface area contributed by atoms with Crippen molar-refractivity contribution in [2.24, 2.45) is 0 Å². The number of aryl methyl sites for hydroxylation is 1. The number of hydrogen-bond acceptors (Lipinski definition) is 4. The molecule has 0 aliphatic carbocycles. The predicted octanol–water partition coefficient (Wildman–Crippen LogP) is 3.10. The summed E-state index contributed by atoms with van der Waals surface area (Å²) >= 11 is 0. The molecule has 0 aliphatic rings. The van der Waals surface area contributed by atoms with E-state index in [-0.39, 0.29) is 29.2 Å². The number of ether oxygens (including phenoxy) is 1. The molecule has 0 N–H and O–H groups in total. The van der Waals surface area contributed by atoms with Crippen molar-refractivity contribution < 1.29 is 22.8 Å². The minimum absolute atomic E-state index is 0.00588. The molecule has 0 amide bonds. The summed E-state index contributed by atoms with van der Waals surface area (Å²) in [6.07, 6.45) is 0. The van der Waals surface area contributed by atoms with Crippen LogP contribution in [0, 0.1) is 18.6 Å². The van der Waals surface area contributed by atoms with Gasteiger partial charge < -0.3 is 9.26 Å². The van der Waals surface area contributed by atoms with Gasteiger partial charge in [0.05, 0.1) is 6.61 Å². The van der Waals surface area contributed by atoms with Crippen LogP contribution in [0.1, 0.15) is 23.0 Å². The third-order valence-corrected chi connectivity index (χ3v) is 2.55. The highest BCUT2D eigenvalue weighted by Gasteiger charge is 2.25. The molecule has 100 valence electrons. The lowest BCUT2D eigenvalue weighted by Gasteiger charge is -2.04. The van der Waals surface area contributed by atoms with Gasteiger partial charge in [-0.25, -0.2) is 13.6 Å². The van der Waals surface area contributed by atoms with E-state index in [0.29, 0.717) is 0 Å². The third kappa shape index (κ3) is 2.33. The average Bonchev–Trinajstić information content (AvgIpc) is 2.75. The van der Waals surface area contributed by atoms with Crippen LogP contribution in [0.15, 0.2) is 22.7 Å². The van der Waals surface area contributed by atoms with Crippen LogP contribution >= 0.6 is 0 Å². The summed E-state index contributed by atoms with van der Waals surface area (Å²) in [6.45, 7) is 3.30. The fraction of sp³-hybridized carbons (Fsp3) is 0.231. The maximum Gasteiger partial charge on any atom is 0.344 e. The molecule has 0 saturated heterocycles. The van der Waals surface area contributed by atoms with Gasteiger partial charge in [0, 0.05) is 5.56 Å². The number of aromatic nitrogens is 1. The van der Waals surface area contributed by atoms with Gasteiger partial charge >= 0.3 is 5.97 Å². The Bertz CT molecular complexity index is 622. The first kappa shape index (κ1) is 13.2. The Morgan fingerprint density at radius 3 is 2.84 bits per heavy atom. The Labute approximate surface area is 108 Å². The maximum absolute atomic E-state index is 13.7. The third-order valence-electron chi connectivity index (χ3n) is 2.55. The molecular formula is C13H11F2NO3. The first-order valence-electron chi connectivity index (χ1n) is 5.64. The van der Waals surface area contributed by atoms with Crippen LogP contribution < -0.4 is 0 Å². The average molecular weight is 267 g/mol. The quantitative estimate of drug-likeness (QED) is 0.802. The molecule has 0 fully saturated rings. The summed E-state index contributed by atoms with van der Waals surface area (Å²) in [5, 5.41) is 3.61. The zero-order chi connectivity index (χ0) is 14.0. The van der Waals surface area contributed by atoms with Gasteiger partial charge in [0.15, 0.2) is 11.6 Å². The highest BCUT2D eigenvalue weighted by molar-refractivity contribution is 5.97. The Balaban J connectivity index is 2.57. The number of carbonyl (C=O) groups is 1. The molecule has 0 unspecified atom stereocenters. The van der Waals surface area contributed by atoms with E-state index in [1.165, 1.54) is 19.1 Å². The SMILES string of the molecule is CCOC(=O)c1c(-c2cccc(F)c2F)noc1C. The Hall–Kier alpha value is -2.24. The van der Waals surface area contributed by atoms with Crippen LogP contribution in [0.3, 0.4) is 0 Å². The molecule has 0 bridgehead atoms. The van der Waals surface area contributed by atoms with Crippen molar-refractivity contribution in [3.05, 3.63) is 41.2 Å². The summed E-state index contributed by atoms with van der Waals surface area (Å²) in [4.78, 5) is 11.8. The highest BCUT2D eigenvalue weighted by Crippen LogP contribution is 2.29. The number of hydrogen-bond donors (Lipinski definition) is 0. The van der Waals surface area contributed by atoms with Gasteiger partial charge in [0.2, 0.25) is 0 Å². The van der Waals surface area contributed by atoms with Gasteiger partial charge in [-0.1, -0.05) is 11.2 Å². The first-order chi connectivity index (χ1) is 9.06. The van der Waals surface area contributed by atoms with E-state index in [0.717, 1.165) is 6.07 Å². The van der Waals surface area contributed by atoms with Crippen LogP contribution in [0.4, 0.5) is 8.78 Å². The van der Waals surface area contributed by atoms with Crippen molar-refractivity contribution in [2.75, 3.05) is 6.61 Å². The number of esters is 1. The van der Waals surface area contributed by atoms with Crippen molar-refractivity contribution >= 4 is 5.97 Å². The molecule has 2 rings (SSSR count). The van der Waals surface area contributed by atoms with Gasteiger partial charge in [-0.3, -0.25) is 0 Å². The second-order valence-electron chi connectivity index (χ2n) is 3.78. The second-order valence-corrected chi connectivity index (χ2v) is 3.78. The second kappa shape index (κ2) is 5.17. The minimum atomic E-state index is -1.08. The maximum atomic E-state index is 13.7. The van der Waals surface area contributed by atoms with Gasteiger partial charge in [-0.15, -0.1) is 0 Å². The molecule has 0 aliphatic heterocycles. The largest absolute Gasteiger partial charge is 0.462 e. The molecule has 6 heteroatoms. The van der Waals surface area contributed by atoms with E-state index < -0.39 is 17.6 Å². The topological polar surface area (TPSA) is 52.3 Å². The molecule has 1 aromatic heterocycles. The summed E-state index contributed by atoms with van der Waals surface area (Å²) in [6, 6.07) is 3.63. The molecule has 4 nitrogen and oxygen atoms in total. The van der Waals surface area contributed by atoms with E-state index in [1.807, 2.05) is 0 Å². The molecule has 0 saturated carbocycles. The van der Waals surface area contributed by atoms with Crippen molar-refractivity contribution in [3.63, 3.8) is 0 Å². The number of carbonyl (C=O) groups excluding carboxylic acids is 1. The van der Waals surface area contributed by atoms with Gasteiger partial charge in [-0.05, 0) is 26.0 Å². The molecule has 0 atom stereocenters. The molecule has 2 aromatic rings. The van der Waals surface area contributed by atoms with Crippen LogP contribution in [-0.4, -0.2) is 17.7 Å². The van der Waals surface area contributed by atoms with Gasteiger partial charge in [0.25, 0.3) is 0 Å². The van der Waals surface area contributed by atoms with Crippen molar-refractivity contribution in [1.29, 1.82) is 0 Å². The monoisotopic (exact) mass is 267 g/mol. The van der Waals surface area contributed by atoms with E-state index in [4.69, 9.17) is 9.26 Å². The predicted molar refractivity (Wildman–Crippen MR) is 62.5 cm³/mol. The first-order valence-corrected chi connectivity index (χ1v) is 5.64. The Morgan fingerprint density at radius 2 is 2.16 bits per heavy atom. The number of rotatable bonds is 3. The molecule has 1 heterocycles. The number of nitrogens with zero attached hydrogens (tertiary/aromatic N) is 1. The molecular weight excluding hydrogens is 256 g/mol. The van der Waals surface area contributed by atoms with E-state index >= 15 is 0 Å². The lowest BCUT2D eigenvalue weighted by molar-refractivity contribution is 0.0525. The van der Waals surface area contributed by atoms with Crippen molar-refractivity contribution in [3.8, 4) is 11.3 Å². The van der Waals surface area contributed by atoms with Crippen LogP contribution in [0.2, 0.25) is 0 Å². The fourth-order valence-corrected chi connectivity index (χ4v) is 1.69. The smallest absolute Gasteiger partial charge is 0.344 e. The van der Waals surface area contributed by atoms with Crippen molar-refractivity contribution in [1.82, 2.24) is 5.16 Å². The summed E-state index contributed by atoms with van der Waals surface area (Å²) in [7, 11) is 0. The lowest BCUT2D eigenvalue weighted by atomic mass is 10.1. The summed E-state index contributed by atoms with van der Waals surface area (Å²) in [5.41, 5.74) is -0.195. The highest BCUT2D eigenvalue weighted by atomic mass is 19.2. The van der Waals surface area contributed by atoms with E-state index in [2.05, 4.69) is 5.16 Å². The Kier molecular flexibility index (Phi) is 3.59. The fourth-order valence-electron chi connectivity index (χ4n) is 1.69. The molecule has 19 heavy (non-hydrogen) atoms.